The first-order valence-electron chi connectivity index (χ1n) is 7.55. The standard InChI is InChI=1S/C19H12BrN3O3/c20-16-3-1-2-13(15(16)10-21)11-26-14-6-4-12(5-7-14)18-22-9-8-17(23-18)19(24)25/h1-9H,11H2,(H,24,25). The number of hydrogen-bond acceptors (Lipinski definition) is 5. The molecule has 0 atom stereocenters. The number of rotatable bonds is 5. The average molecular weight is 410 g/mol. The Bertz CT molecular complexity index is 998. The van der Waals surface area contributed by atoms with E-state index >= 15 is 0 Å². The monoisotopic (exact) mass is 409 g/mol. The van der Waals surface area contributed by atoms with Gasteiger partial charge >= 0.3 is 5.97 Å². The molecular formula is C19H12BrN3O3. The summed E-state index contributed by atoms with van der Waals surface area (Å²) in [7, 11) is 0. The van der Waals surface area contributed by atoms with Gasteiger partial charge in [-0.25, -0.2) is 14.8 Å². The van der Waals surface area contributed by atoms with E-state index < -0.39 is 5.97 Å². The maximum atomic E-state index is 11.0. The third-order valence-electron chi connectivity index (χ3n) is 3.59. The molecule has 0 unspecified atom stereocenters. The molecular weight excluding hydrogens is 398 g/mol. The molecule has 0 amide bonds. The number of nitriles is 1. The lowest BCUT2D eigenvalue weighted by molar-refractivity contribution is 0.0690. The molecule has 0 spiro atoms. The molecule has 1 N–H and O–H groups in total. The van der Waals surface area contributed by atoms with Crippen molar-refractivity contribution in [3.8, 4) is 23.2 Å². The van der Waals surface area contributed by atoms with Gasteiger partial charge in [-0.15, -0.1) is 0 Å². The number of ether oxygens (including phenoxy) is 1. The van der Waals surface area contributed by atoms with Crippen molar-refractivity contribution in [3.63, 3.8) is 0 Å². The zero-order valence-electron chi connectivity index (χ0n) is 13.4. The molecule has 0 radical (unpaired) electrons. The molecule has 0 aliphatic carbocycles. The predicted octanol–water partition coefficient (Wildman–Crippen LogP) is 4.05. The maximum Gasteiger partial charge on any atom is 0.354 e. The van der Waals surface area contributed by atoms with Crippen LogP contribution in [0.25, 0.3) is 11.4 Å². The summed E-state index contributed by atoms with van der Waals surface area (Å²) in [5.41, 5.74) is 1.95. The van der Waals surface area contributed by atoms with Crippen molar-refractivity contribution in [1.29, 1.82) is 5.26 Å². The second-order valence-corrected chi connectivity index (χ2v) is 6.12. The van der Waals surface area contributed by atoms with E-state index in [0.29, 0.717) is 22.7 Å². The maximum absolute atomic E-state index is 11.0. The number of aromatic nitrogens is 2. The van der Waals surface area contributed by atoms with Crippen molar-refractivity contribution in [1.82, 2.24) is 9.97 Å². The van der Waals surface area contributed by atoms with Gasteiger partial charge in [0.25, 0.3) is 0 Å². The summed E-state index contributed by atoms with van der Waals surface area (Å²) in [4.78, 5) is 19.1. The van der Waals surface area contributed by atoms with Gasteiger partial charge in [0.1, 0.15) is 18.4 Å². The van der Waals surface area contributed by atoms with Crippen LogP contribution in [0.4, 0.5) is 0 Å². The second kappa shape index (κ2) is 7.76. The number of carbonyl (C=O) groups is 1. The van der Waals surface area contributed by atoms with Crippen LogP contribution in [0.1, 0.15) is 21.6 Å². The highest BCUT2D eigenvalue weighted by Gasteiger charge is 2.09. The quantitative estimate of drug-likeness (QED) is 0.682. The Balaban J connectivity index is 1.75. The SMILES string of the molecule is N#Cc1c(Br)cccc1COc1ccc(-c2nccc(C(=O)O)n2)cc1. The van der Waals surface area contributed by atoms with E-state index in [4.69, 9.17) is 9.84 Å². The first-order chi connectivity index (χ1) is 12.6. The van der Waals surface area contributed by atoms with E-state index in [9.17, 15) is 10.1 Å². The van der Waals surface area contributed by atoms with Gasteiger partial charge in [-0.3, -0.25) is 0 Å². The zero-order chi connectivity index (χ0) is 18.5. The summed E-state index contributed by atoms with van der Waals surface area (Å²) in [5.74, 6) is -0.155. The van der Waals surface area contributed by atoms with E-state index in [1.807, 2.05) is 18.2 Å². The largest absolute Gasteiger partial charge is 0.489 e. The topological polar surface area (TPSA) is 96.1 Å². The molecule has 3 rings (SSSR count). The van der Waals surface area contributed by atoms with Crippen molar-refractivity contribution in [2.75, 3.05) is 0 Å². The van der Waals surface area contributed by atoms with Gasteiger partial charge in [0, 0.05) is 21.8 Å². The Hall–Kier alpha value is -3.24. The van der Waals surface area contributed by atoms with Crippen LogP contribution in [0.5, 0.6) is 5.75 Å². The lowest BCUT2D eigenvalue weighted by Crippen LogP contribution is -2.02. The fourth-order valence-electron chi connectivity index (χ4n) is 2.29. The van der Waals surface area contributed by atoms with E-state index in [0.717, 1.165) is 10.0 Å². The highest BCUT2D eigenvalue weighted by atomic mass is 79.9. The molecule has 7 heteroatoms. The second-order valence-electron chi connectivity index (χ2n) is 5.27. The number of carboxylic acids is 1. The molecule has 0 saturated carbocycles. The summed E-state index contributed by atoms with van der Waals surface area (Å²) >= 11 is 3.35. The van der Waals surface area contributed by atoms with Gasteiger partial charge in [0.2, 0.25) is 0 Å². The highest BCUT2D eigenvalue weighted by molar-refractivity contribution is 9.10. The zero-order valence-corrected chi connectivity index (χ0v) is 15.0. The molecule has 0 fully saturated rings. The Morgan fingerprint density at radius 1 is 1.19 bits per heavy atom. The molecule has 0 aliphatic heterocycles. The third-order valence-corrected chi connectivity index (χ3v) is 4.25. The van der Waals surface area contributed by atoms with Crippen LogP contribution >= 0.6 is 15.9 Å². The summed E-state index contributed by atoms with van der Waals surface area (Å²) in [6.45, 7) is 0.257. The van der Waals surface area contributed by atoms with Crippen LogP contribution in [0.15, 0.2) is 59.2 Å². The van der Waals surface area contributed by atoms with Gasteiger partial charge in [-0.05, 0) is 52.3 Å². The van der Waals surface area contributed by atoms with E-state index in [1.54, 1.807) is 24.3 Å². The van der Waals surface area contributed by atoms with E-state index in [-0.39, 0.29) is 12.3 Å². The van der Waals surface area contributed by atoms with E-state index in [2.05, 4.69) is 32.0 Å². The molecule has 128 valence electrons. The third kappa shape index (κ3) is 3.87. The van der Waals surface area contributed by atoms with Gasteiger partial charge in [0.15, 0.2) is 11.5 Å². The minimum absolute atomic E-state index is 0.0611. The molecule has 0 saturated heterocycles. The number of halogens is 1. The lowest BCUT2D eigenvalue weighted by atomic mass is 10.1. The summed E-state index contributed by atoms with van der Waals surface area (Å²) in [5, 5.41) is 18.2. The molecule has 6 nitrogen and oxygen atoms in total. The molecule has 2 aromatic carbocycles. The fraction of sp³-hybridized carbons (Fsp3) is 0.0526. The Kier molecular flexibility index (Phi) is 5.25. The molecule has 1 aromatic heterocycles. The van der Waals surface area contributed by atoms with Crippen LogP contribution in [0.3, 0.4) is 0 Å². The van der Waals surface area contributed by atoms with Crippen molar-refractivity contribution >= 4 is 21.9 Å². The molecule has 26 heavy (non-hydrogen) atoms. The van der Waals surface area contributed by atoms with E-state index in [1.165, 1.54) is 12.3 Å². The molecule has 1 heterocycles. The smallest absolute Gasteiger partial charge is 0.354 e. The van der Waals surface area contributed by atoms with Crippen LogP contribution in [0, 0.1) is 11.3 Å². The number of carboxylic acid groups (broad SMARTS) is 1. The summed E-state index contributed by atoms with van der Waals surface area (Å²) < 4.78 is 6.46. The minimum atomic E-state index is -1.10. The average Bonchev–Trinajstić information content (AvgIpc) is 2.67. The Morgan fingerprint density at radius 3 is 2.65 bits per heavy atom. The Morgan fingerprint density at radius 2 is 1.96 bits per heavy atom. The predicted molar refractivity (Wildman–Crippen MR) is 97.6 cm³/mol. The number of nitrogens with zero attached hydrogens (tertiary/aromatic N) is 3. The fourth-order valence-corrected chi connectivity index (χ4v) is 2.79. The van der Waals surface area contributed by atoms with Crippen LogP contribution in [-0.2, 0) is 6.61 Å². The summed E-state index contributed by atoms with van der Waals surface area (Å²) in [6, 6.07) is 16.0. The molecule has 0 bridgehead atoms. The van der Waals surface area contributed by atoms with Gasteiger partial charge < -0.3 is 9.84 Å². The normalized spacial score (nSPS) is 10.2. The van der Waals surface area contributed by atoms with Crippen LogP contribution in [-0.4, -0.2) is 21.0 Å². The minimum Gasteiger partial charge on any atom is -0.489 e. The molecule has 3 aromatic rings. The van der Waals surface area contributed by atoms with Gasteiger partial charge in [0.05, 0.1) is 5.56 Å². The van der Waals surface area contributed by atoms with Gasteiger partial charge in [-0.2, -0.15) is 5.26 Å². The van der Waals surface area contributed by atoms with Crippen molar-refractivity contribution < 1.29 is 14.6 Å². The van der Waals surface area contributed by atoms with Crippen LogP contribution in [0.2, 0.25) is 0 Å². The number of aromatic carboxylic acids is 1. The Labute approximate surface area is 157 Å². The molecule has 0 aliphatic rings. The van der Waals surface area contributed by atoms with Gasteiger partial charge in [-0.1, -0.05) is 12.1 Å². The summed E-state index contributed by atoms with van der Waals surface area (Å²) in [6.07, 6.45) is 1.41. The highest BCUT2D eigenvalue weighted by Crippen LogP contribution is 2.23. The van der Waals surface area contributed by atoms with Crippen molar-refractivity contribution in [2.24, 2.45) is 0 Å². The first kappa shape index (κ1) is 17.6. The first-order valence-corrected chi connectivity index (χ1v) is 8.35. The number of benzene rings is 2. The van der Waals surface area contributed by atoms with Crippen LogP contribution < -0.4 is 4.74 Å². The number of hydrogen-bond donors (Lipinski definition) is 1. The van der Waals surface area contributed by atoms with Crippen molar-refractivity contribution in [2.45, 2.75) is 6.61 Å². The lowest BCUT2D eigenvalue weighted by Gasteiger charge is -2.09. The van der Waals surface area contributed by atoms with Crippen molar-refractivity contribution in [3.05, 3.63) is 76.0 Å².